The van der Waals surface area contributed by atoms with Crippen LogP contribution in [0.5, 0.6) is 5.75 Å². The highest BCUT2D eigenvalue weighted by molar-refractivity contribution is 6.31. The molecule has 208 valence electrons. The molecule has 0 N–H and O–H groups in total. The number of pyridine rings is 1. The zero-order valence-corrected chi connectivity index (χ0v) is 23.7. The van der Waals surface area contributed by atoms with Gasteiger partial charge in [-0.25, -0.2) is 4.98 Å². The molecule has 0 bridgehead atoms. The highest BCUT2D eigenvalue weighted by Gasteiger charge is 2.74. The first-order chi connectivity index (χ1) is 20.4. The Labute approximate surface area is 248 Å². The third kappa shape index (κ3) is 3.64. The number of ether oxygens (including phenoxy) is 1. The quantitative estimate of drug-likeness (QED) is 0.242. The lowest BCUT2D eigenvalue weighted by Gasteiger charge is -2.50. The highest BCUT2D eigenvalue weighted by atomic mass is 35.5. The third-order valence-electron chi connectivity index (χ3n) is 8.77. The van der Waals surface area contributed by atoms with Crippen molar-refractivity contribution in [3.05, 3.63) is 131 Å². The summed E-state index contributed by atoms with van der Waals surface area (Å²) in [5.74, 6) is -0.582. The van der Waals surface area contributed by atoms with E-state index >= 15 is 4.79 Å². The molecule has 1 unspecified atom stereocenters. The molecule has 3 heterocycles. The van der Waals surface area contributed by atoms with Gasteiger partial charge in [0.05, 0.1) is 18.0 Å². The van der Waals surface area contributed by atoms with Gasteiger partial charge >= 0.3 is 0 Å². The van der Waals surface area contributed by atoms with Crippen molar-refractivity contribution in [1.82, 2.24) is 4.98 Å². The molecule has 0 radical (unpaired) electrons. The molecule has 7 rings (SSSR count). The molecule has 42 heavy (non-hydrogen) atoms. The minimum absolute atomic E-state index is 0.108. The van der Waals surface area contributed by atoms with E-state index in [1.54, 1.807) is 23.1 Å². The van der Waals surface area contributed by atoms with Gasteiger partial charge in [0.15, 0.2) is 11.4 Å². The predicted molar refractivity (Wildman–Crippen MR) is 161 cm³/mol. The van der Waals surface area contributed by atoms with E-state index in [0.717, 1.165) is 16.7 Å². The van der Waals surface area contributed by atoms with Gasteiger partial charge in [-0.3, -0.25) is 19.3 Å². The second-order valence-electron chi connectivity index (χ2n) is 11.2. The van der Waals surface area contributed by atoms with Gasteiger partial charge in [0, 0.05) is 34.4 Å². The van der Waals surface area contributed by atoms with Crippen molar-refractivity contribution in [3.8, 4) is 5.75 Å². The zero-order valence-electron chi connectivity index (χ0n) is 22.9. The lowest BCUT2D eigenvalue weighted by Crippen LogP contribution is -2.66. The van der Waals surface area contributed by atoms with Crippen LogP contribution in [-0.4, -0.2) is 28.1 Å². The number of anilines is 1. The fourth-order valence-corrected chi connectivity index (χ4v) is 7.39. The molecule has 1 spiro atoms. The molecular formula is C35H27ClN2O4. The second kappa shape index (κ2) is 9.78. The number of carbonyl (C=O) groups is 3. The molecule has 2 aliphatic heterocycles. The number of hydrogen-bond acceptors (Lipinski definition) is 5. The van der Waals surface area contributed by atoms with Crippen molar-refractivity contribution in [3.63, 3.8) is 0 Å². The topological polar surface area (TPSA) is 76.6 Å². The summed E-state index contributed by atoms with van der Waals surface area (Å²) < 4.78 is 6.87. The number of carbonyl (C=O) groups excluding carboxylic acids is 3. The van der Waals surface area contributed by atoms with Crippen LogP contribution in [0.3, 0.4) is 0 Å². The number of aromatic nitrogens is 1. The monoisotopic (exact) mass is 574 g/mol. The van der Waals surface area contributed by atoms with Crippen molar-refractivity contribution in [2.24, 2.45) is 5.92 Å². The minimum Gasteiger partial charge on any atom is -0.480 e. The summed E-state index contributed by atoms with van der Waals surface area (Å²) >= 11 is 6.61. The molecule has 3 atom stereocenters. The van der Waals surface area contributed by atoms with E-state index in [2.05, 4.69) is 4.98 Å². The lowest BCUT2D eigenvalue weighted by atomic mass is 9.52. The van der Waals surface area contributed by atoms with Crippen LogP contribution >= 0.6 is 11.6 Å². The first-order valence-electron chi connectivity index (χ1n) is 14.0. The van der Waals surface area contributed by atoms with E-state index in [9.17, 15) is 9.59 Å². The fraction of sp³-hybridized carbons (Fsp3) is 0.200. The number of amides is 1. The molecule has 0 fully saturated rings. The highest BCUT2D eigenvalue weighted by Crippen LogP contribution is 2.65. The Hall–Kier alpha value is -4.55. The van der Waals surface area contributed by atoms with Crippen LogP contribution in [0.1, 0.15) is 46.8 Å². The maximum Gasteiger partial charge on any atom is 0.244 e. The average molecular weight is 575 g/mol. The number of halogens is 1. The maximum absolute atomic E-state index is 15.4. The number of rotatable bonds is 6. The van der Waals surface area contributed by atoms with Crippen LogP contribution in [-0.2, 0) is 21.5 Å². The first-order valence-corrected chi connectivity index (χ1v) is 14.3. The van der Waals surface area contributed by atoms with Crippen LogP contribution < -0.4 is 9.64 Å². The van der Waals surface area contributed by atoms with Crippen LogP contribution in [0.2, 0.25) is 5.02 Å². The molecule has 7 heteroatoms. The SMILES string of the molecule is CC(=O)C[C@@]12Oc3ccccc3C1=CC[C@H](C(=O)c1ccccc1)C21C(=O)N(Cc2ccccc2)c2ncc(Cl)cc21. The minimum atomic E-state index is -1.61. The molecule has 0 saturated carbocycles. The van der Waals surface area contributed by atoms with Crippen molar-refractivity contribution < 1.29 is 19.1 Å². The molecule has 4 aromatic rings. The molecule has 1 amide bonds. The number of benzene rings is 3. The normalized spacial score (nSPS) is 23.6. The van der Waals surface area contributed by atoms with E-state index in [1.807, 2.05) is 78.9 Å². The molecule has 3 aromatic carbocycles. The van der Waals surface area contributed by atoms with E-state index < -0.39 is 16.9 Å². The summed E-state index contributed by atoms with van der Waals surface area (Å²) in [5, 5.41) is 0.331. The summed E-state index contributed by atoms with van der Waals surface area (Å²) in [6, 6.07) is 27.9. The van der Waals surface area contributed by atoms with E-state index in [0.29, 0.717) is 27.7 Å². The summed E-state index contributed by atoms with van der Waals surface area (Å²) in [4.78, 5) is 49.4. The van der Waals surface area contributed by atoms with Gasteiger partial charge in [-0.05, 0) is 31.0 Å². The van der Waals surface area contributed by atoms with Crippen LogP contribution in [0.15, 0.2) is 103 Å². The maximum atomic E-state index is 15.4. The Kier molecular flexibility index (Phi) is 6.13. The number of para-hydroxylation sites is 1. The van der Waals surface area contributed by atoms with Crippen molar-refractivity contribution in [2.45, 2.75) is 37.3 Å². The molecule has 6 nitrogen and oxygen atoms in total. The van der Waals surface area contributed by atoms with Gasteiger partial charge in [-0.1, -0.05) is 96.5 Å². The van der Waals surface area contributed by atoms with Gasteiger partial charge < -0.3 is 4.74 Å². The number of nitrogens with zero attached hydrogens (tertiary/aromatic N) is 2. The zero-order chi connectivity index (χ0) is 29.1. The Bertz CT molecular complexity index is 1790. The summed E-state index contributed by atoms with van der Waals surface area (Å²) in [5.41, 5.74) is 0.346. The Morgan fingerprint density at radius 1 is 1.00 bits per heavy atom. The summed E-state index contributed by atoms with van der Waals surface area (Å²) in [7, 11) is 0. The van der Waals surface area contributed by atoms with Gasteiger partial charge in [0.1, 0.15) is 22.8 Å². The summed E-state index contributed by atoms with van der Waals surface area (Å²) in [6.07, 6.45) is 3.66. The Morgan fingerprint density at radius 2 is 1.69 bits per heavy atom. The van der Waals surface area contributed by atoms with Crippen LogP contribution in [0.4, 0.5) is 5.82 Å². The van der Waals surface area contributed by atoms with Crippen molar-refractivity contribution in [2.75, 3.05) is 4.90 Å². The fourth-order valence-electron chi connectivity index (χ4n) is 7.23. The number of allylic oxidation sites excluding steroid dienone is 1. The van der Waals surface area contributed by atoms with Gasteiger partial charge in [0.25, 0.3) is 0 Å². The van der Waals surface area contributed by atoms with Gasteiger partial charge in [-0.15, -0.1) is 0 Å². The van der Waals surface area contributed by atoms with Gasteiger partial charge in [-0.2, -0.15) is 0 Å². The number of ketones is 2. The first kappa shape index (κ1) is 26.4. The van der Waals surface area contributed by atoms with Crippen molar-refractivity contribution in [1.29, 1.82) is 0 Å². The number of fused-ring (bicyclic) bond motifs is 6. The number of Topliss-reactive ketones (excluding diaryl/α,β-unsaturated/α-hetero) is 2. The smallest absolute Gasteiger partial charge is 0.244 e. The molecule has 1 aromatic heterocycles. The van der Waals surface area contributed by atoms with Crippen LogP contribution in [0, 0.1) is 5.92 Å². The number of hydrogen-bond donors (Lipinski definition) is 0. The molecule has 0 saturated heterocycles. The average Bonchev–Trinajstić information content (AvgIpc) is 3.44. The summed E-state index contributed by atoms with van der Waals surface area (Å²) in [6.45, 7) is 1.73. The van der Waals surface area contributed by atoms with E-state index in [1.165, 1.54) is 13.1 Å². The Balaban J connectivity index is 1.54. The molecule has 3 aliphatic rings. The van der Waals surface area contributed by atoms with Crippen molar-refractivity contribution >= 4 is 40.5 Å². The van der Waals surface area contributed by atoms with E-state index in [-0.39, 0.29) is 36.9 Å². The Morgan fingerprint density at radius 3 is 2.43 bits per heavy atom. The lowest BCUT2D eigenvalue weighted by molar-refractivity contribution is -0.135. The molecular weight excluding hydrogens is 548 g/mol. The van der Waals surface area contributed by atoms with Gasteiger partial charge in [0.2, 0.25) is 5.91 Å². The second-order valence-corrected chi connectivity index (χ2v) is 11.6. The van der Waals surface area contributed by atoms with E-state index in [4.69, 9.17) is 16.3 Å². The predicted octanol–water partition coefficient (Wildman–Crippen LogP) is 6.62. The third-order valence-corrected chi connectivity index (χ3v) is 8.97. The largest absolute Gasteiger partial charge is 0.480 e. The van der Waals surface area contributed by atoms with Crippen LogP contribution in [0.25, 0.3) is 5.57 Å². The standard InChI is InChI=1S/C35H27ClN2O4/c1-22(39)19-34-27(26-14-8-9-15-30(26)42-34)16-17-28(31(40)24-12-6-3-7-13-24)35(34)29-18-25(36)20-37-32(29)38(33(35)41)21-23-10-4-2-5-11-23/h2-16,18,20,28H,17,19,21H2,1H3/t28-,34-,35?/m1/s1. The molecule has 1 aliphatic carbocycles.